The van der Waals surface area contributed by atoms with Gasteiger partial charge in [-0.3, -0.25) is 4.99 Å². The summed E-state index contributed by atoms with van der Waals surface area (Å²) in [6, 6.07) is 10.1. The molecule has 0 aliphatic carbocycles. The second-order valence-corrected chi connectivity index (χ2v) is 3.15. The van der Waals surface area contributed by atoms with Crippen LogP contribution in [-0.4, -0.2) is 6.21 Å². The Balaban J connectivity index is 2.21. The zero-order valence-corrected chi connectivity index (χ0v) is 8.69. The van der Waals surface area contributed by atoms with Gasteiger partial charge in [-0.25, -0.2) is 0 Å². The Labute approximate surface area is 86.2 Å². The first kappa shape index (κ1) is 10.7. The summed E-state index contributed by atoms with van der Waals surface area (Å²) in [4.78, 5) is 4.35. The summed E-state index contributed by atoms with van der Waals surface area (Å²) in [5.41, 5.74) is 1.04. The van der Waals surface area contributed by atoms with Crippen molar-refractivity contribution in [1.29, 1.82) is 0 Å². The van der Waals surface area contributed by atoms with E-state index in [0.717, 1.165) is 18.5 Å². The minimum Gasteiger partial charge on any atom is -0.261 e. The number of para-hydroxylation sites is 1. The summed E-state index contributed by atoms with van der Waals surface area (Å²) >= 11 is 0. The van der Waals surface area contributed by atoms with E-state index < -0.39 is 0 Å². The number of benzene rings is 1. The van der Waals surface area contributed by atoms with Gasteiger partial charge in [0.25, 0.3) is 0 Å². The molecule has 0 aliphatic rings. The average Bonchev–Trinajstić information content (AvgIpc) is 2.25. The number of allylic oxidation sites excluding steroid dienone is 2. The third-order valence-corrected chi connectivity index (χ3v) is 1.94. The van der Waals surface area contributed by atoms with E-state index in [-0.39, 0.29) is 0 Å². The lowest BCUT2D eigenvalue weighted by atomic mass is 10.2. The lowest BCUT2D eigenvalue weighted by Gasteiger charge is -1.91. The molecule has 0 atom stereocenters. The number of aliphatic imine (C=N–C) groups is 1. The van der Waals surface area contributed by atoms with Crippen molar-refractivity contribution >= 4 is 11.9 Å². The lowest BCUT2D eigenvalue weighted by molar-refractivity contribution is 0.902. The van der Waals surface area contributed by atoms with Crippen LogP contribution >= 0.6 is 0 Å². The van der Waals surface area contributed by atoms with Gasteiger partial charge < -0.3 is 0 Å². The first-order chi connectivity index (χ1) is 6.93. The minimum atomic E-state index is 1.04. The highest BCUT2D eigenvalue weighted by Crippen LogP contribution is 2.08. The molecular weight excluding hydrogens is 170 g/mol. The smallest absolute Gasteiger partial charge is 0.0625 e. The van der Waals surface area contributed by atoms with E-state index in [0.29, 0.717) is 0 Å². The second-order valence-electron chi connectivity index (χ2n) is 3.15. The van der Waals surface area contributed by atoms with Crippen LogP contribution in [0.1, 0.15) is 26.2 Å². The highest BCUT2D eigenvalue weighted by molar-refractivity contribution is 5.62. The maximum atomic E-state index is 4.35. The van der Waals surface area contributed by atoms with E-state index in [1.54, 1.807) is 0 Å². The van der Waals surface area contributed by atoms with Gasteiger partial charge in [0.05, 0.1) is 5.69 Å². The predicted octanol–water partition coefficient (Wildman–Crippen LogP) is 4.14. The Bertz CT molecular complexity index is 285. The molecular formula is C13H17N. The fraction of sp³-hybridized carbons (Fsp3) is 0.308. The second kappa shape index (κ2) is 7.07. The Kier molecular flexibility index (Phi) is 5.41. The largest absolute Gasteiger partial charge is 0.261 e. The van der Waals surface area contributed by atoms with Crippen LogP contribution in [0.4, 0.5) is 5.69 Å². The van der Waals surface area contributed by atoms with Gasteiger partial charge in [-0.05, 0) is 38.3 Å². The van der Waals surface area contributed by atoms with Crippen LogP contribution in [0.25, 0.3) is 0 Å². The molecule has 0 saturated heterocycles. The van der Waals surface area contributed by atoms with E-state index >= 15 is 0 Å². The van der Waals surface area contributed by atoms with Crippen LogP contribution in [-0.2, 0) is 0 Å². The molecule has 1 nitrogen and oxygen atoms in total. The SMILES string of the molecule is C/C=C/CCCC=Nc1ccccc1. The molecule has 0 bridgehead atoms. The maximum absolute atomic E-state index is 4.35. The van der Waals surface area contributed by atoms with Crippen molar-refractivity contribution in [2.75, 3.05) is 0 Å². The van der Waals surface area contributed by atoms with E-state index in [2.05, 4.69) is 24.1 Å². The van der Waals surface area contributed by atoms with E-state index in [9.17, 15) is 0 Å². The zero-order valence-electron chi connectivity index (χ0n) is 8.69. The predicted molar refractivity (Wildman–Crippen MR) is 63.3 cm³/mol. The topological polar surface area (TPSA) is 12.4 Å². The molecule has 0 fully saturated rings. The molecule has 0 unspecified atom stereocenters. The van der Waals surface area contributed by atoms with Crippen molar-refractivity contribution < 1.29 is 0 Å². The van der Waals surface area contributed by atoms with Crippen LogP contribution in [0.2, 0.25) is 0 Å². The van der Waals surface area contributed by atoms with Crippen LogP contribution < -0.4 is 0 Å². The fourth-order valence-corrected chi connectivity index (χ4v) is 1.18. The van der Waals surface area contributed by atoms with Gasteiger partial charge in [0.15, 0.2) is 0 Å². The third kappa shape index (κ3) is 4.61. The van der Waals surface area contributed by atoms with Crippen molar-refractivity contribution in [1.82, 2.24) is 0 Å². The van der Waals surface area contributed by atoms with Gasteiger partial charge in [0, 0.05) is 6.21 Å². The highest BCUT2D eigenvalue weighted by Gasteiger charge is 1.83. The molecule has 0 spiro atoms. The molecule has 0 aromatic heterocycles. The molecule has 14 heavy (non-hydrogen) atoms. The Hall–Kier alpha value is -1.37. The number of nitrogens with zero attached hydrogens (tertiary/aromatic N) is 1. The van der Waals surface area contributed by atoms with Crippen LogP contribution in [0.5, 0.6) is 0 Å². The van der Waals surface area contributed by atoms with Crippen molar-refractivity contribution in [3.05, 3.63) is 42.5 Å². The summed E-state index contributed by atoms with van der Waals surface area (Å²) in [5, 5.41) is 0. The Morgan fingerprint density at radius 2 is 1.93 bits per heavy atom. The number of hydrogen-bond acceptors (Lipinski definition) is 1. The molecule has 0 aliphatic heterocycles. The monoisotopic (exact) mass is 187 g/mol. The molecule has 1 aromatic carbocycles. The number of rotatable bonds is 5. The number of hydrogen-bond donors (Lipinski definition) is 0. The Morgan fingerprint density at radius 3 is 2.64 bits per heavy atom. The van der Waals surface area contributed by atoms with E-state index in [1.807, 2.05) is 36.5 Å². The van der Waals surface area contributed by atoms with Crippen LogP contribution in [0, 0.1) is 0 Å². The van der Waals surface area contributed by atoms with Gasteiger partial charge in [-0.15, -0.1) is 0 Å². The summed E-state index contributed by atoms with van der Waals surface area (Å²) in [5.74, 6) is 0. The minimum absolute atomic E-state index is 1.04. The molecule has 1 heteroatoms. The van der Waals surface area contributed by atoms with Crippen LogP contribution in [0.15, 0.2) is 47.5 Å². The zero-order chi connectivity index (χ0) is 10.1. The van der Waals surface area contributed by atoms with Crippen molar-refractivity contribution in [2.24, 2.45) is 4.99 Å². The van der Waals surface area contributed by atoms with E-state index in [1.165, 1.54) is 6.42 Å². The summed E-state index contributed by atoms with van der Waals surface area (Å²) < 4.78 is 0. The van der Waals surface area contributed by atoms with Crippen molar-refractivity contribution in [2.45, 2.75) is 26.2 Å². The average molecular weight is 187 g/mol. The summed E-state index contributed by atoms with van der Waals surface area (Å²) in [7, 11) is 0. The standard InChI is InChI=1S/C13H17N/c1-2-3-4-5-9-12-14-13-10-7-6-8-11-13/h2-3,6-8,10-12H,4-5,9H2,1H3/b3-2+,14-12?. The summed E-state index contributed by atoms with van der Waals surface area (Å²) in [6.45, 7) is 2.05. The fourth-order valence-electron chi connectivity index (χ4n) is 1.18. The molecule has 0 amide bonds. The van der Waals surface area contributed by atoms with Crippen LogP contribution in [0.3, 0.4) is 0 Å². The van der Waals surface area contributed by atoms with E-state index in [4.69, 9.17) is 0 Å². The summed E-state index contributed by atoms with van der Waals surface area (Å²) in [6.07, 6.45) is 9.67. The molecule has 74 valence electrons. The first-order valence-electron chi connectivity index (χ1n) is 5.12. The van der Waals surface area contributed by atoms with Crippen molar-refractivity contribution in [3.63, 3.8) is 0 Å². The molecule has 0 N–H and O–H groups in total. The first-order valence-corrected chi connectivity index (χ1v) is 5.12. The Morgan fingerprint density at radius 1 is 1.14 bits per heavy atom. The third-order valence-electron chi connectivity index (χ3n) is 1.94. The lowest BCUT2D eigenvalue weighted by Crippen LogP contribution is -1.75. The quantitative estimate of drug-likeness (QED) is 0.373. The molecule has 1 rings (SSSR count). The van der Waals surface area contributed by atoms with Gasteiger partial charge in [-0.2, -0.15) is 0 Å². The van der Waals surface area contributed by atoms with Crippen molar-refractivity contribution in [3.8, 4) is 0 Å². The highest BCUT2D eigenvalue weighted by atomic mass is 14.7. The van der Waals surface area contributed by atoms with Gasteiger partial charge in [0.1, 0.15) is 0 Å². The molecule has 0 saturated carbocycles. The van der Waals surface area contributed by atoms with Gasteiger partial charge >= 0.3 is 0 Å². The number of unbranched alkanes of at least 4 members (excludes halogenated alkanes) is 2. The van der Waals surface area contributed by atoms with Gasteiger partial charge in [-0.1, -0.05) is 30.4 Å². The van der Waals surface area contributed by atoms with Gasteiger partial charge in [0.2, 0.25) is 0 Å². The molecule has 0 heterocycles. The molecule has 0 radical (unpaired) electrons. The maximum Gasteiger partial charge on any atom is 0.0625 e. The molecule has 1 aromatic rings. The normalized spacial score (nSPS) is 11.5.